The average molecular weight is 277 g/mol. The standard InChI is InChI=1S/C11H14Cl2N2O2/c1-3-15(4-2)10(16)7-17-8-5-6-9(12)14-11(8)13/h5-6H,3-4,7H2,1-2H3. The number of amides is 1. The monoisotopic (exact) mass is 276 g/mol. The van der Waals surface area contributed by atoms with E-state index >= 15 is 0 Å². The largest absolute Gasteiger partial charge is 0.481 e. The number of hydrogen-bond donors (Lipinski definition) is 0. The minimum atomic E-state index is -0.0824. The zero-order valence-corrected chi connectivity index (χ0v) is 11.3. The summed E-state index contributed by atoms with van der Waals surface area (Å²) in [6.07, 6.45) is 0. The molecular weight excluding hydrogens is 263 g/mol. The highest BCUT2D eigenvalue weighted by atomic mass is 35.5. The molecule has 1 aromatic heterocycles. The quantitative estimate of drug-likeness (QED) is 0.777. The molecule has 0 fully saturated rings. The molecule has 0 atom stereocenters. The van der Waals surface area contributed by atoms with Crippen LogP contribution in [0, 0.1) is 0 Å². The summed E-state index contributed by atoms with van der Waals surface area (Å²) in [6, 6.07) is 3.15. The number of pyridine rings is 1. The van der Waals surface area contributed by atoms with Crippen molar-refractivity contribution in [3.63, 3.8) is 0 Å². The lowest BCUT2D eigenvalue weighted by Gasteiger charge is -2.18. The third-order valence-corrected chi connectivity index (χ3v) is 2.73. The first-order valence-electron chi connectivity index (χ1n) is 5.31. The molecule has 1 amide bonds. The van der Waals surface area contributed by atoms with E-state index in [0.717, 1.165) is 0 Å². The second-order valence-electron chi connectivity index (χ2n) is 3.28. The summed E-state index contributed by atoms with van der Waals surface area (Å²) in [5, 5.41) is 0.447. The third kappa shape index (κ3) is 4.06. The van der Waals surface area contributed by atoms with Crippen LogP contribution in [-0.2, 0) is 4.79 Å². The van der Waals surface area contributed by atoms with Crippen LogP contribution < -0.4 is 4.74 Å². The van der Waals surface area contributed by atoms with E-state index in [-0.39, 0.29) is 22.8 Å². The molecule has 0 aliphatic rings. The maximum absolute atomic E-state index is 11.7. The summed E-state index contributed by atoms with van der Waals surface area (Å²) >= 11 is 11.5. The number of carbonyl (C=O) groups is 1. The number of hydrogen-bond acceptors (Lipinski definition) is 3. The van der Waals surface area contributed by atoms with E-state index in [1.165, 1.54) is 0 Å². The summed E-state index contributed by atoms with van der Waals surface area (Å²) < 4.78 is 5.29. The number of aromatic nitrogens is 1. The highest BCUT2D eigenvalue weighted by Gasteiger charge is 2.11. The van der Waals surface area contributed by atoms with Crippen LogP contribution in [-0.4, -0.2) is 35.5 Å². The minimum absolute atomic E-state index is 0.0509. The van der Waals surface area contributed by atoms with Crippen molar-refractivity contribution in [2.45, 2.75) is 13.8 Å². The number of likely N-dealkylation sites (N-methyl/N-ethyl adjacent to an activating group) is 1. The zero-order chi connectivity index (χ0) is 12.8. The van der Waals surface area contributed by atoms with Crippen LogP contribution in [0.3, 0.4) is 0 Å². The molecular formula is C11H14Cl2N2O2. The number of nitrogens with zero attached hydrogens (tertiary/aromatic N) is 2. The maximum Gasteiger partial charge on any atom is 0.260 e. The van der Waals surface area contributed by atoms with Crippen molar-refractivity contribution in [1.29, 1.82) is 0 Å². The third-order valence-electron chi connectivity index (χ3n) is 2.25. The molecule has 94 valence electrons. The van der Waals surface area contributed by atoms with E-state index in [9.17, 15) is 4.79 Å². The van der Waals surface area contributed by atoms with Crippen molar-refractivity contribution in [2.75, 3.05) is 19.7 Å². The lowest BCUT2D eigenvalue weighted by molar-refractivity contribution is -0.132. The minimum Gasteiger partial charge on any atom is -0.481 e. The highest BCUT2D eigenvalue weighted by Crippen LogP contribution is 2.23. The molecule has 0 aliphatic carbocycles. The van der Waals surface area contributed by atoms with Crippen LogP contribution in [0.2, 0.25) is 10.3 Å². The molecule has 0 saturated heterocycles. The van der Waals surface area contributed by atoms with Crippen molar-refractivity contribution in [3.8, 4) is 5.75 Å². The summed E-state index contributed by atoms with van der Waals surface area (Å²) in [5.74, 6) is 0.276. The van der Waals surface area contributed by atoms with Crippen LogP contribution in [0.1, 0.15) is 13.8 Å². The molecule has 0 N–H and O–H groups in total. The molecule has 0 aliphatic heterocycles. The van der Waals surface area contributed by atoms with Crippen molar-refractivity contribution >= 4 is 29.1 Å². The Kier molecular flexibility index (Phi) is 5.51. The number of carbonyl (C=O) groups excluding carboxylic acids is 1. The van der Waals surface area contributed by atoms with Crippen LogP contribution in [0.25, 0.3) is 0 Å². The Morgan fingerprint density at radius 3 is 2.53 bits per heavy atom. The molecule has 1 rings (SSSR count). The van der Waals surface area contributed by atoms with Gasteiger partial charge in [0.15, 0.2) is 17.5 Å². The predicted molar refractivity (Wildman–Crippen MR) is 67.7 cm³/mol. The fourth-order valence-electron chi connectivity index (χ4n) is 1.31. The van der Waals surface area contributed by atoms with Gasteiger partial charge in [-0.05, 0) is 26.0 Å². The molecule has 17 heavy (non-hydrogen) atoms. The van der Waals surface area contributed by atoms with Gasteiger partial charge in [0.25, 0.3) is 5.91 Å². The second kappa shape index (κ2) is 6.67. The lowest BCUT2D eigenvalue weighted by Crippen LogP contribution is -2.34. The van der Waals surface area contributed by atoms with Crippen LogP contribution >= 0.6 is 23.2 Å². The second-order valence-corrected chi connectivity index (χ2v) is 4.02. The van der Waals surface area contributed by atoms with Crippen LogP contribution in [0.15, 0.2) is 12.1 Å². The molecule has 1 aromatic rings. The van der Waals surface area contributed by atoms with Crippen molar-refractivity contribution in [2.24, 2.45) is 0 Å². The van der Waals surface area contributed by atoms with E-state index in [4.69, 9.17) is 27.9 Å². The van der Waals surface area contributed by atoms with Gasteiger partial charge in [0.2, 0.25) is 0 Å². The Morgan fingerprint density at radius 1 is 1.35 bits per heavy atom. The molecule has 6 heteroatoms. The zero-order valence-electron chi connectivity index (χ0n) is 9.74. The molecule has 0 spiro atoms. The SMILES string of the molecule is CCN(CC)C(=O)COc1ccc(Cl)nc1Cl. The van der Waals surface area contributed by atoms with Crippen LogP contribution in [0.5, 0.6) is 5.75 Å². The lowest BCUT2D eigenvalue weighted by atomic mass is 10.4. The van der Waals surface area contributed by atoms with Gasteiger partial charge in [0, 0.05) is 13.1 Å². The van der Waals surface area contributed by atoms with Crippen molar-refractivity contribution in [1.82, 2.24) is 9.88 Å². The smallest absolute Gasteiger partial charge is 0.260 e. The van der Waals surface area contributed by atoms with Gasteiger partial charge >= 0.3 is 0 Å². The van der Waals surface area contributed by atoms with Gasteiger partial charge in [-0.3, -0.25) is 4.79 Å². The number of ether oxygens (including phenoxy) is 1. The van der Waals surface area contributed by atoms with E-state index in [0.29, 0.717) is 18.8 Å². The molecule has 0 saturated carbocycles. The predicted octanol–water partition coefficient (Wildman–Crippen LogP) is 2.64. The Balaban J connectivity index is 2.58. The molecule has 1 heterocycles. The topological polar surface area (TPSA) is 42.4 Å². The van der Waals surface area contributed by atoms with E-state index in [1.54, 1.807) is 17.0 Å². The molecule has 0 unspecified atom stereocenters. The molecule has 0 aromatic carbocycles. The van der Waals surface area contributed by atoms with E-state index in [1.807, 2.05) is 13.8 Å². The molecule has 0 radical (unpaired) electrons. The first-order chi connectivity index (χ1) is 8.08. The van der Waals surface area contributed by atoms with Crippen molar-refractivity contribution < 1.29 is 9.53 Å². The molecule has 4 nitrogen and oxygen atoms in total. The van der Waals surface area contributed by atoms with Gasteiger partial charge < -0.3 is 9.64 Å². The maximum atomic E-state index is 11.7. The first-order valence-corrected chi connectivity index (χ1v) is 6.06. The highest BCUT2D eigenvalue weighted by molar-refractivity contribution is 6.33. The summed E-state index contributed by atoms with van der Waals surface area (Å²) in [6.45, 7) is 5.09. The van der Waals surface area contributed by atoms with Gasteiger partial charge in [-0.15, -0.1) is 0 Å². The Bertz CT molecular complexity index is 395. The number of halogens is 2. The van der Waals surface area contributed by atoms with Gasteiger partial charge in [-0.2, -0.15) is 0 Å². The Labute approximate surface area is 110 Å². The number of rotatable bonds is 5. The Morgan fingerprint density at radius 2 is 2.00 bits per heavy atom. The summed E-state index contributed by atoms with van der Waals surface area (Å²) in [5.41, 5.74) is 0. The van der Waals surface area contributed by atoms with E-state index < -0.39 is 0 Å². The fourth-order valence-corrected chi connectivity index (χ4v) is 1.71. The summed E-state index contributed by atoms with van der Waals surface area (Å²) in [7, 11) is 0. The van der Waals surface area contributed by atoms with Gasteiger partial charge in [-0.1, -0.05) is 23.2 Å². The van der Waals surface area contributed by atoms with Gasteiger partial charge in [-0.25, -0.2) is 4.98 Å². The van der Waals surface area contributed by atoms with Gasteiger partial charge in [0.1, 0.15) is 5.15 Å². The van der Waals surface area contributed by atoms with Crippen molar-refractivity contribution in [3.05, 3.63) is 22.4 Å². The fraction of sp³-hybridized carbons (Fsp3) is 0.455. The van der Waals surface area contributed by atoms with Crippen LogP contribution in [0.4, 0.5) is 0 Å². The average Bonchev–Trinajstić information content (AvgIpc) is 2.29. The first kappa shape index (κ1) is 14.1. The Hall–Kier alpha value is -1.00. The molecule has 0 bridgehead atoms. The van der Waals surface area contributed by atoms with E-state index in [2.05, 4.69) is 4.98 Å². The van der Waals surface area contributed by atoms with Gasteiger partial charge in [0.05, 0.1) is 0 Å². The normalized spacial score (nSPS) is 10.1. The summed E-state index contributed by atoms with van der Waals surface area (Å²) in [4.78, 5) is 17.2.